The maximum Gasteiger partial charge on any atom is 0.416 e. The van der Waals surface area contributed by atoms with Crippen LogP contribution in [0.2, 0.25) is 0 Å². The summed E-state index contributed by atoms with van der Waals surface area (Å²) >= 11 is 1.47. The molecule has 0 saturated carbocycles. The molecule has 3 N–H and O–H groups in total. The fourth-order valence-electron chi connectivity index (χ4n) is 3.52. The number of thiazole rings is 1. The number of halogens is 3. The number of anilines is 1. The monoisotopic (exact) mass is 496 g/mol. The zero-order chi connectivity index (χ0) is 24.8. The van der Waals surface area contributed by atoms with Crippen LogP contribution in [0.3, 0.4) is 0 Å². The number of ether oxygens (including phenoxy) is 1. The Morgan fingerprint density at radius 3 is 2.66 bits per heavy atom. The van der Waals surface area contributed by atoms with Crippen LogP contribution in [-0.4, -0.2) is 36.3 Å². The lowest BCUT2D eigenvalue weighted by Gasteiger charge is -2.13. The SMILES string of the molecule is COCC#Cc1nc(NC[C@@H](N)Cc2ccc(C(F)(F)F)cc2)sc1-c1ccc2cnccc2c1. The fourth-order valence-corrected chi connectivity index (χ4v) is 4.44. The van der Waals surface area contributed by atoms with Crippen LogP contribution in [0.15, 0.2) is 60.9 Å². The number of benzene rings is 2. The van der Waals surface area contributed by atoms with Gasteiger partial charge in [-0.3, -0.25) is 4.98 Å². The predicted molar refractivity (Wildman–Crippen MR) is 133 cm³/mol. The zero-order valence-corrected chi connectivity index (χ0v) is 19.7. The maximum absolute atomic E-state index is 12.8. The quantitative estimate of drug-likeness (QED) is 0.337. The topological polar surface area (TPSA) is 73.1 Å². The molecule has 0 unspecified atom stereocenters. The van der Waals surface area contributed by atoms with Crippen molar-refractivity contribution >= 4 is 27.2 Å². The van der Waals surface area contributed by atoms with Gasteiger partial charge in [0.15, 0.2) is 5.13 Å². The lowest BCUT2D eigenvalue weighted by atomic mass is 10.0. The van der Waals surface area contributed by atoms with Crippen molar-refractivity contribution in [3.63, 3.8) is 0 Å². The van der Waals surface area contributed by atoms with Crippen LogP contribution >= 0.6 is 11.3 Å². The third-order valence-corrected chi connectivity index (χ3v) is 6.31. The van der Waals surface area contributed by atoms with E-state index in [2.05, 4.69) is 33.2 Å². The summed E-state index contributed by atoms with van der Waals surface area (Å²) in [6.07, 6.45) is -0.349. The van der Waals surface area contributed by atoms with Crippen LogP contribution in [0, 0.1) is 11.8 Å². The van der Waals surface area contributed by atoms with Gasteiger partial charge in [0.25, 0.3) is 0 Å². The molecule has 5 nitrogen and oxygen atoms in total. The number of nitrogens with two attached hydrogens (primary N) is 1. The summed E-state index contributed by atoms with van der Waals surface area (Å²) in [5, 5.41) is 6.02. The van der Waals surface area contributed by atoms with E-state index < -0.39 is 11.7 Å². The second-order valence-electron chi connectivity index (χ2n) is 7.91. The molecule has 0 amide bonds. The summed E-state index contributed by atoms with van der Waals surface area (Å²) in [4.78, 5) is 9.72. The summed E-state index contributed by atoms with van der Waals surface area (Å²) in [6.45, 7) is 0.698. The van der Waals surface area contributed by atoms with Gasteiger partial charge in [0.1, 0.15) is 12.3 Å². The summed E-state index contributed by atoms with van der Waals surface area (Å²) in [5.74, 6) is 6.03. The molecule has 35 heavy (non-hydrogen) atoms. The van der Waals surface area contributed by atoms with Gasteiger partial charge in [-0.25, -0.2) is 4.98 Å². The standard InChI is InChI=1S/C26H23F3N4OS/c1-34-12-2-3-23-24(19-6-7-20-15-31-11-10-18(20)14-19)35-25(33-23)32-16-22(30)13-17-4-8-21(9-5-17)26(27,28)29/h4-11,14-15,22H,12-13,16,30H2,1H3,(H,32,33)/t22-/m0/s1. The molecule has 180 valence electrons. The van der Waals surface area contributed by atoms with Crippen LogP contribution in [-0.2, 0) is 17.3 Å². The van der Waals surface area contributed by atoms with Gasteiger partial charge in [0.2, 0.25) is 0 Å². The van der Waals surface area contributed by atoms with Crippen molar-refractivity contribution < 1.29 is 17.9 Å². The molecule has 0 fully saturated rings. The van der Waals surface area contributed by atoms with E-state index in [0.29, 0.717) is 30.4 Å². The number of nitrogens with one attached hydrogen (secondary N) is 1. The predicted octanol–water partition coefficient (Wildman–Crippen LogP) is 5.36. The molecule has 1 atom stereocenters. The van der Waals surface area contributed by atoms with E-state index >= 15 is 0 Å². The number of methoxy groups -OCH3 is 1. The Bertz CT molecular complexity index is 1360. The molecule has 0 aliphatic rings. The van der Waals surface area contributed by atoms with Gasteiger partial charge in [-0.2, -0.15) is 13.2 Å². The lowest BCUT2D eigenvalue weighted by molar-refractivity contribution is -0.137. The van der Waals surface area contributed by atoms with Gasteiger partial charge < -0.3 is 15.8 Å². The van der Waals surface area contributed by atoms with E-state index in [4.69, 9.17) is 10.5 Å². The summed E-state index contributed by atoms with van der Waals surface area (Å²) < 4.78 is 43.3. The summed E-state index contributed by atoms with van der Waals surface area (Å²) in [5.41, 5.74) is 7.93. The van der Waals surface area contributed by atoms with Crippen molar-refractivity contribution in [1.29, 1.82) is 0 Å². The number of hydrogen-bond acceptors (Lipinski definition) is 6. The van der Waals surface area contributed by atoms with Crippen molar-refractivity contribution in [3.05, 3.63) is 77.7 Å². The van der Waals surface area contributed by atoms with Crippen LogP contribution in [0.1, 0.15) is 16.8 Å². The first-order valence-electron chi connectivity index (χ1n) is 10.8. The summed E-state index contributed by atoms with van der Waals surface area (Å²) in [7, 11) is 1.58. The van der Waals surface area contributed by atoms with Crippen LogP contribution < -0.4 is 11.1 Å². The maximum atomic E-state index is 12.8. The normalized spacial score (nSPS) is 12.3. The average Bonchev–Trinajstić information content (AvgIpc) is 3.25. The third kappa shape index (κ3) is 6.36. The molecule has 9 heteroatoms. The van der Waals surface area contributed by atoms with Crippen LogP contribution in [0.25, 0.3) is 21.2 Å². The van der Waals surface area contributed by atoms with Gasteiger partial charge in [0, 0.05) is 37.5 Å². The van der Waals surface area contributed by atoms with Gasteiger partial charge in [-0.05, 0) is 53.1 Å². The van der Waals surface area contributed by atoms with Crippen molar-refractivity contribution in [2.75, 3.05) is 25.6 Å². The van der Waals surface area contributed by atoms with Crippen LogP contribution in [0.4, 0.5) is 18.3 Å². The number of fused-ring (bicyclic) bond motifs is 1. The van der Waals surface area contributed by atoms with Crippen molar-refractivity contribution in [2.24, 2.45) is 5.73 Å². The smallest absolute Gasteiger partial charge is 0.372 e. The number of pyridine rings is 1. The highest BCUT2D eigenvalue weighted by Gasteiger charge is 2.29. The molecule has 4 aromatic rings. The number of hydrogen-bond donors (Lipinski definition) is 2. The molecule has 0 spiro atoms. The molecule has 2 heterocycles. The highest BCUT2D eigenvalue weighted by Crippen LogP contribution is 2.34. The summed E-state index contributed by atoms with van der Waals surface area (Å²) in [6, 6.07) is 12.8. The Morgan fingerprint density at radius 1 is 1.11 bits per heavy atom. The molecule has 0 saturated heterocycles. The minimum absolute atomic E-state index is 0.293. The number of aromatic nitrogens is 2. The van der Waals surface area contributed by atoms with Gasteiger partial charge >= 0.3 is 6.18 Å². The van der Waals surface area contributed by atoms with Crippen molar-refractivity contribution in [3.8, 4) is 22.3 Å². The first-order valence-corrected chi connectivity index (χ1v) is 11.6. The second-order valence-corrected chi connectivity index (χ2v) is 8.91. The molecule has 4 rings (SSSR count). The number of alkyl halides is 3. The van der Waals surface area contributed by atoms with Gasteiger partial charge in [-0.1, -0.05) is 41.5 Å². The fraction of sp³-hybridized carbons (Fsp3) is 0.231. The minimum Gasteiger partial charge on any atom is -0.372 e. The van der Waals surface area contributed by atoms with Crippen molar-refractivity contribution in [1.82, 2.24) is 9.97 Å². The molecule has 0 radical (unpaired) electrons. The Balaban J connectivity index is 1.49. The third-order valence-electron chi connectivity index (χ3n) is 5.25. The number of rotatable bonds is 7. The van der Waals surface area contributed by atoms with Gasteiger partial charge in [-0.15, -0.1) is 0 Å². The molecule has 2 aromatic heterocycles. The molecule has 2 aromatic carbocycles. The van der Waals surface area contributed by atoms with E-state index in [1.807, 2.05) is 24.4 Å². The molecular formula is C26H23F3N4OS. The zero-order valence-electron chi connectivity index (χ0n) is 18.9. The Labute approximate surface area is 205 Å². The Morgan fingerprint density at radius 2 is 1.91 bits per heavy atom. The molecule has 0 bridgehead atoms. The number of nitrogens with zero attached hydrogens (tertiary/aromatic N) is 2. The van der Waals surface area contributed by atoms with E-state index in [1.54, 1.807) is 13.3 Å². The average molecular weight is 497 g/mol. The largest absolute Gasteiger partial charge is 0.416 e. The molecule has 0 aliphatic carbocycles. The minimum atomic E-state index is -4.35. The van der Waals surface area contributed by atoms with E-state index in [-0.39, 0.29) is 6.04 Å². The Hall–Kier alpha value is -3.45. The second kappa shape index (κ2) is 10.9. The molecular weight excluding hydrogens is 473 g/mol. The highest BCUT2D eigenvalue weighted by molar-refractivity contribution is 7.19. The van der Waals surface area contributed by atoms with E-state index in [9.17, 15) is 13.2 Å². The highest BCUT2D eigenvalue weighted by atomic mass is 32.1. The van der Waals surface area contributed by atoms with Gasteiger partial charge in [0.05, 0.1) is 10.4 Å². The van der Waals surface area contributed by atoms with Crippen LogP contribution in [0.5, 0.6) is 0 Å². The van der Waals surface area contributed by atoms with Crippen molar-refractivity contribution in [2.45, 2.75) is 18.6 Å². The first-order chi connectivity index (χ1) is 16.8. The van der Waals surface area contributed by atoms with E-state index in [0.717, 1.165) is 38.9 Å². The first kappa shape index (κ1) is 24.7. The van der Waals surface area contributed by atoms with E-state index in [1.165, 1.54) is 23.5 Å². The lowest BCUT2D eigenvalue weighted by Crippen LogP contribution is -2.31. The molecule has 0 aliphatic heterocycles. The Kier molecular flexibility index (Phi) is 7.66.